The zero-order valence-corrected chi connectivity index (χ0v) is 20.4. The predicted octanol–water partition coefficient (Wildman–Crippen LogP) is 5.11. The topological polar surface area (TPSA) is 77.2 Å². The number of H-pyrrole nitrogens is 1. The maximum atomic E-state index is 13.2. The number of hydrogen-bond donors (Lipinski definition) is 2. The van der Waals surface area contributed by atoms with Crippen molar-refractivity contribution in [2.45, 2.75) is 38.4 Å². The fourth-order valence-corrected chi connectivity index (χ4v) is 4.98. The highest BCUT2D eigenvalue weighted by Crippen LogP contribution is 2.35. The van der Waals surface area contributed by atoms with Crippen LogP contribution in [0.2, 0.25) is 0 Å². The van der Waals surface area contributed by atoms with Crippen LogP contribution in [0.3, 0.4) is 0 Å². The molecule has 5 rings (SSSR count). The van der Waals surface area contributed by atoms with Crippen LogP contribution in [0, 0.1) is 0 Å². The van der Waals surface area contributed by atoms with Gasteiger partial charge in [0.05, 0.1) is 12.1 Å². The third kappa shape index (κ3) is 6.02. The summed E-state index contributed by atoms with van der Waals surface area (Å²) in [5.41, 5.74) is 3.27. The monoisotopic (exact) mass is 510 g/mol. The van der Waals surface area contributed by atoms with Gasteiger partial charge in [-0.1, -0.05) is 12.1 Å². The molecule has 1 aromatic heterocycles. The van der Waals surface area contributed by atoms with Crippen LogP contribution in [0.25, 0.3) is 5.57 Å². The van der Waals surface area contributed by atoms with Crippen molar-refractivity contribution in [3.05, 3.63) is 77.4 Å². The molecule has 1 fully saturated rings. The number of aromatic amines is 1. The van der Waals surface area contributed by atoms with Crippen LogP contribution in [0.4, 0.5) is 24.5 Å². The van der Waals surface area contributed by atoms with E-state index in [1.54, 1.807) is 0 Å². The van der Waals surface area contributed by atoms with Gasteiger partial charge in [0.2, 0.25) is 0 Å². The van der Waals surface area contributed by atoms with Gasteiger partial charge in [-0.05, 0) is 73.2 Å². The highest BCUT2D eigenvalue weighted by molar-refractivity contribution is 6.09. The molecular formula is C27H29F3N6O. The molecule has 1 aliphatic heterocycles. The number of carbonyl (C=O) groups is 1. The smallest absolute Gasteiger partial charge is 0.369 e. The van der Waals surface area contributed by atoms with Crippen molar-refractivity contribution >= 4 is 22.9 Å². The van der Waals surface area contributed by atoms with E-state index in [1.807, 2.05) is 24.3 Å². The van der Waals surface area contributed by atoms with E-state index >= 15 is 0 Å². The number of hydrogen-bond acceptors (Lipinski definition) is 5. The number of amides is 1. The average molecular weight is 511 g/mol. The lowest BCUT2D eigenvalue weighted by Gasteiger charge is -2.35. The lowest BCUT2D eigenvalue weighted by molar-refractivity contribution is -0.137. The van der Waals surface area contributed by atoms with E-state index < -0.39 is 11.7 Å². The molecule has 10 heteroatoms. The standard InChI is InChI=1S/C27H29F3N6O/c28-27(29,30)20-7-5-19(6-8-20)23-3-1-2-4-24(23)26(37)33-21-9-11-22(12-10-21)36-15-13-35(14-16-36)17-25-31-18-32-34-25/h5-12,18H,1-4,13-17H2,(H,33,37)(H,31,32,34). The number of nitrogens with zero attached hydrogens (tertiary/aromatic N) is 4. The van der Waals surface area contributed by atoms with E-state index in [0.717, 1.165) is 74.8 Å². The fourth-order valence-electron chi connectivity index (χ4n) is 4.98. The second-order valence-corrected chi connectivity index (χ2v) is 9.44. The van der Waals surface area contributed by atoms with Gasteiger partial charge in [0, 0.05) is 43.1 Å². The summed E-state index contributed by atoms with van der Waals surface area (Å²) < 4.78 is 38.9. The van der Waals surface area contributed by atoms with E-state index in [9.17, 15) is 18.0 Å². The number of anilines is 2. The molecule has 1 amide bonds. The quantitative estimate of drug-likeness (QED) is 0.482. The summed E-state index contributed by atoms with van der Waals surface area (Å²) in [5, 5.41) is 9.78. The minimum atomic E-state index is -4.38. The minimum Gasteiger partial charge on any atom is -0.369 e. The first-order chi connectivity index (χ1) is 17.9. The molecule has 0 unspecified atom stereocenters. The Hall–Kier alpha value is -3.66. The summed E-state index contributed by atoms with van der Waals surface area (Å²) >= 11 is 0. The van der Waals surface area contributed by atoms with Gasteiger partial charge in [0.1, 0.15) is 12.2 Å². The molecule has 0 atom stereocenters. The summed E-state index contributed by atoms with van der Waals surface area (Å²) in [6.45, 7) is 4.37. The van der Waals surface area contributed by atoms with E-state index in [-0.39, 0.29) is 5.91 Å². The van der Waals surface area contributed by atoms with Crippen LogP contribution >= 0.6 is 0 Å². The van der Waals surface area contributed by atoms with Gasteiger partial charge < -0.3 is 10.2 Å². The van der Waals surface area contributed by atoms with Crippen LogP contribution in [-0.2, 0) is 17.5 Å². The Morgan fingerprint density at radius 3 is 2.30 bits per heavy atom. The van der Waals surface area contributed by atoms with Gasteiger partial charge in [-0.15, -0.1) is 0 Å². The van der Waals surface area contributed by atoms with Crippen LogP contribution in [-0.4, -0.2) is 52.2 Å². The number of aromatic nitrogens is 3. The van der Waals surface area contributed by atoms with E-state index in [4.69, 9.17) is 0 Å². The number of carbonyl (C=O) groups excluding carboxylic acids is 1. The Labute approximate surface area is 213 Å². The number of allylic oxidation sites excluding steroid dienone is 1. The van der Waals surface area contributed by atoms with Crippen molar-refractivity contribution in [3.8, 4) is 0 Å². The van der Waals surface area contributed by atoms with Crippen molar-refractivity contribution in [1.29, 1.82) is 0 Å². The van der Waals surface area contributed by atoms with Gasteiger partial charge in [-0.3, -0.25) is 14.8 Å². The van der Waals surface area contributed by atoms with Crippen molar-refractivity contribution in [2.24, 2.45) is 0 Å². The third-order valence-corrected chi connectivity index (χ3v) is 7.00. The van der Waals surface area contributed by atoms with Crippen LogP contribution in [0.5, 0.6) is 0 Å². The fraction of sp³-hybridized carbons (Fsp3) is 0.370. The zero-order chi connectivity index (χ0) is 25.8. The van der Waals surface area contributed by atoms with Crippen molar-refractivity contribution in [3.63, 3.8) is 0 Å². The highest BCUT2D eigenvalue weighted by atomic mass is 19.4. The molecule has 2 N–H and O–H groups in total. The van der Waals surface area contributed by atoms with E-state index in [0.29, 0.717) is 29.7 Å². The molecule has 3 aromatic rings. The highest BCUT2D eigenvalue weighted by Gasteiger charge is 2.30. The normalized spacial score (nSPS) is 17.2. The molecule has 1 aliphatic carbocycles. The first-order valence-electron chi connectivity index (χ1n) is 12.5. The molecule has 2 heterocycles. The van der Waals surface area contributed by atoms with Gasteiger partial charge in [0.15, 0.2) is 0 Å². The van der Waals surface area contributed by atoms with Gasteiger partial charge in [-0.25, -0.2) is 4.98 Å². The Kier molecular flexibility index (Phi) is 7.27. The van der Waals surface area contributed by atoms with Gasteiger partial charge in [0.25, 0.3) is 5.91 Å². The van der Waals surface area contributed by atoms with Crippen molar-refractivity contribution in [2.75, 3.05) is 36.4 Å². The molecule has 0 bridgehead atoms. The lowest BCUT2D eigenvalue weighted by atomic mass is 9.86. The molecular weight excluding hydrogens is 481 g/mol. The number of halogens is 3. The summed E-state index contributed by atoms with van der Waals surface area (Å²) in [5.74, 6) is 0.673. The first kappa shape index (κ1) is 25.0. The number of piperazine rings is 1. The number of alkyl halides is 3. The predicted molar refractivity (Wildman–Crippen MR) is 136 cm³/mol. The molecule has 0 radical (unpaired) electrons. The second-order valence-electron chi connectivity index (χ2n) is 9.44. The molecule has 2 aliphatic rings. The lowest BCUT2D eigenvalue weighted by Crippen LogP contribution is -2.46. The third-order valence-electron chi connectivity index (χ3n) is 7.00. The number of nitrogens with one attached hydrogen (secondary N) is 2. The first-order valence-corrected chi connectivity index (χ1v) is 12.5. The summed E-state index contributed by atoms with van der Waals surface area (Å²) in [6.07, 6.45) is 0.221. The minimum absolute atomic E-state index is 0.191. The maximum absolute atomic E-state index is 13.2. The van der Waals surface area contributed by atoms with E-state index in [2.05, 4.69) is 30.3 Å². The Bertz CT molecular complexity index is 1230. The summed E-state index contributed by atoms with van der Waals surface area (Å²) in [7, 11) is 0. The SMILES string of the molecule is O=C(Nc1ccc(N2CCN(Cc3ncn[nH]3)CC2)cc1)C1=C(c2ccc(C(F)(F)F)cc2)CCCC1. The summed E-state index contributed by atoms with van der Waals surface area (Å²) in [6, 6.07) is 12.9. The zero-order valence-electron chi connectivity index (χ0n) is 20.4. The second kappa shape index (κ2) is 10.8. The Balaban J connectivity index is 1.22. The summed E-state index contributed by atoms with van der Waals surface area (Å²) in [4.78, 5) is 22.0. The molecule has 1 saturated heterocycles. The van der Waals surface area contributed by atoms with Crippen molar-refractivity contribution in [1.82, 2.24) is 20.1 Å². The number of benzene rings is 2. The Morgan fingerprint density at radius 2 is 1.65 bits per heavy atom. The molecule has 2 aromatic carbocycles. The van der Waals surface area contributed by atoms with E-state index in [1.165, 1.54) is 18.5 Å². The largest absolute Gasteiger partial charge is 0.416 e. The van der Waals surface area contributed by atoms with Crippen LogP contribution in [0.15, 0.2) is 60.4 Å². The van der Waals surface area contributed by atoms with Crippen LogP contribution in [0.1, 0.15) is 42.6 Å². The molecule has 37 heavy (non-hydrogen) atoms. The number of rotatable bonds is 6. The maximum Gasteiger partial charge on any atom is 0.416 e. The average Bonchev–Trinajstić information content (AvgIpc) is 3.42. The van der Waals surface area contributed by atoms with Gasteiger partial charge in [-0.2, -0.15) is 18.3 Å². The van der Waals surface area contributed by atoms with Crippen LogP contribution < -0.4 is 10.2 Å². The molecule has 0 spiro atoms. The molecule has 194 valence electrons. The van der Waals surface area contributed by atoms with Crippen molar-refractivity contribution < 1.29 is 18.0 Å². The van der Waals surface area contributed by atoms with Gasteiger partial charge >= 0.3 is 6.18 Å². The Morgan fingerprint density at radius 1 is 0.946 bits per heavy atom. The molecule has 7 nitrogen and oxygen atoms in total. The molecule has 0 saturated carbocycles.